The van der Waals surface area contributed by atoms with Crippen molar-refractivity contribution in [3.63, 3.8) is 0 Å². The molecule has 1 aliphatic heterocycles. The molecule has 1 aromatic heterocycles. The van der Waals surface area contributed by atoms with E-state index < -0.39 is 0 Å². The van der Waals surface area contributed by atoms with Crippen LogP contribution < -0.4 is 21.1 Å². The van der Waals surface area contributed by atoms with Crippen molar-refractivity contribution in [1.29, 1.82) is 0 Å². The highest BCUT2D eigenvalue weighted by Gasteiger charge is 2.39. The molecule has 4 heteroatoms. The summed E-state index contributed by atoms with van der Waals surface area (Å²) in [5, 5.41) is 8.86. The van der Waals surface area contributed by atoms with Gasteiger partial charge in [0.25, 0.3) is 0 Å². The van der Waals surface area contributed by atoms with Crippen LogP contribution in [0.2, 0.25) is 0 Å². The van der Waals surface area contributed by atoms with E-state index in [2.05, 4.69) is 253 Å². The number of nitrogens with zero attached hydrogens (tertiary/aromatic N) is 1. The highest BCUT2D eigenvalue weighted by Crippen LogP contribution is 2.52. The molecule has 3 nitrogen and oxygen atoms in total. The average molecular weight is 955 g/mol. The van der Waals surface area contributed by atoms with Crippen LogP contribution in [-0.2, 0) is 16.2 Å². The van der Waals surface area contributed by atoms with Crippen LogP contribution in [0.1, 0.15) is 82.2 Å². The maximum absolute atomic E-state index is 7.05. The molecule has 0 unspecified atom stereocenters. The third kappa shape index (κ3) is 6.94. The minimum atomic E-state index is -0.120. The molecule has 1 N–H and O–H groups in total. The quantitative estimate of drug-likeness (QED) is 0.168. The maximum atomic E-state index is 7.05. The second-order valence-corrected chi connectivity index (χ2v) is 23.3. The summed E-state index contributed by atoms with van der Waals surface area (Å²) < 4.78 is 7.05. The lowest BCUT2D eigenvalue weighted by Crippen LogP contribution is -2.41. The summed E-state index contributed by atoms with van der Waals surface area (Å²) in [6, 6.07) is 72.7. The molecule has 11 aromatic rings. The molecule has 0 fully saturated rings. The Morgan fingerprint density at radius 1 is 0.446 bits per heavy atom. The molecule has 2 aliphatic carbocycles. The summed E-state index contributed by atoms with van der Waals surface area (Å²) in [4.78, 5) is 2.55. The molecular weight excluding hydrogens is 896 g/mol. The van der Waals surface area contributed by atoms with Crippen molar-refractivity contribution in [2.75, 3.05) is 10.2 Å². The lowest BCUT2D eigenvalue weighted by molar-refractivity contribution is 0.332. The van der Waals surface area contributed by atoms with E-state index in [9.17, 15) is 0 Å². The van der Waals surface area contributed by atoms with Crippen molar-refractivity contribution < 1.29 is 4.42 Å². The third-order valence-electron chi connectivity index (χ3n) is 17.4. The molecule has 358 valence electrons. The minimum Gasteiger partial charge on any atom is -0.456 e. The van der Waals surface area contributed by atoms with E-state index in [1.54, 1.807) is 0 Å². The second kappa shape index (κ2) is 16.2. The molecular formula is C70H59BN2O. The van der Waals surface area contributed by atoms with Crippen LogP contribution in [0.3, 0.4) is 0 Å². The Morgan fingerprint density at radius 3 is 1.82 bits per heavy atom. The molecule has 74 heavy (non-hydrogen) atoms. The zero-order valence-electron chi connectivity index (χ0n) is 43.5. The van der Waals surface area contributed by atoms with Gasteiger partial charge < -0.3 is 14.6 Å². The fraction of sp³-hybridized carbons (Fsp3) is 0.171. The molecule has 0 saturated heterocycles. The van der Waals surface area contributed by atoms with Crippen molar-refractivity contribution >= 4 is 79.4 Å². The molecule has 0 spiro atoms. The molecule has 0 amide bonds. The van der Waals surface area contributed by atoms with Gasteiger partial charge in [0, 0.05) is 56.3 Å². The topological polar surface area (TPSA) is 28.4 Å². The van der Waals surface area contributed by atoms with Crippen molar-refractivity contribution in [1.82, 2.24) is 0 Å². The van der Waals surface area contributed by atoms with Crippen molar-refractivity contribution in [3.8, 4) is 44.5 Å². The number of rotatable bonds is 6. The Hall–Kier alpha value is -8.08. The Kier molecular flexibility index (Phi) is 9.77. The molecule has 0 atom stereocenters. The van der Waals surface area contributed by atoms with Gasteiger partial charge in [-0.1, -0.05) is 174 Å². The van der Waals surface area contributed by atoms with Gasteiger partial charge in [0.05, 0.1) is 0 Å². The number of anilines is 5. The second-order valence-electron chi connectivity index (χ2n) is 23.3. The minimum absolute atomic E-state index is 0.0749. The standard InChI is InChI=1S/C70H59BN2O/c1-42-32-47(43-18-10-8-11-19-43)26-29-62(42)73-63-41-66-54(53-38-58-59(40-65(53)74-66)69(4,5)31-30-68(58,2)3)39-60(63)71-67-55(34-48(36-64(67)73)44-20-12-9-13-21-44)52-33-45-22-14-15-23-46(45)35-61(52)72-49-27-28-51-50-24-16-17-25-56(50)70(6,7)57(51)37-49/h8-29,32-41,71-72H,30-31H2,1-7H3. The van der Waals surface area contributed by atoms with E-state index in [0.29, 0.717) is 0 Å². The number of aryl methyl sites for hydroxylation is 1. The summed E-state index contributed by atoms with van der Waals surface area (Å²) >= 11 is 0. The summed E-state index contributed by atoms with van der Waals surface area (Å²) in [5.41, 5.74) is 26.7. The molecule has 14 rings (SSSR count). The van der Waals surface area contributed by atoms with E-state index in [-0.39, 0.29) is 16.2 Å². The Morgan fingerprint density at radius 2 is 1.08 bits per heavy atom. The van der Waals surface area contributed by atoms with Crippen LogP contribution in [0, 0.1) is 6.92 Å². The molecule has 0 saturated carbocycles. The fourth-order valence-corrected chi connectivity index (χ4v) is 13.1. The van der Waals surface area contributed by atoms with E-state index >= 15 is 0 Å². The first kappa shape index (κ1) is 44.6. The number of nitrogens with one attached hydrogen (secondary N) is 1. The highest BCUT2D eigenvalue weighted by molar-refractivity contribution is 6.73. The van der Waals surface area contributed by atoms with Gasteiger partial charge in [0.2, 0.25) is 0 Å². The molecule has 0 bridgehead atoms. The lowest BCUT2D eigenvalue weighted by atomic mass is 9.57. The lowest BCUT2D eigenvalue weighted by Gasteiger charge is -2.41. The Balaban J connectivity index is 1.02. The zero-order valence-corrected chi connectivity index (χ0v) is 43.5. The third-order valence-corrected chi connectivity index (χ3v) is 17.4. The molecule has 10 aromatic carbocycles. The SMILES string of the molecule is Cc1cc(-c2ccccc2)ccc1N1c2cc3oc4cc5c(cc4c3cc2Bc2c(-c3cc4ccccc4cc3Nc3ccc4c(c3)C(C)(C)c3ccccc3-4)cc(-c3ccccc3)cc21)C(C)(C)CCC5(C)C. The molecule has 0 radical (unpaired) electrons. The van der Waals surface area contributed by atoms with Crippen LogP contribution in [0.4, 0.5) is 28.4 Å². The largest absolute Gasteiger partial charge is 0.456 e. The van der Waals surface area contributed by atoms with Gasteiger partial charge >= 0.3 is 0 Å². The number of hydrogen-bond acceptors (Lipinski definition) is 3. The van der Waals surface area contributed by atoms with E-state index in [4.69, 9.17) is 4.42 Å². The van der Waals surface area contributed by atoms with E-state index in [1.165, 1.54) is 110 Å². The Bertz CT molecular complexity index is 4120. The van der Waals surface area contributed by atoms with Crippen LogP contribution >= 0.6 is 0 Å². The van der Waals surface area contributed by atoms with Crippen molar-refractivity contribution in [3.05, 3.63) is 222 Å². The van der Waals surface area contributed by atoms with Gasteiger partial charge in [-0.05, 0) is 174 Å². The summed E-state index contributed by atoms with van der Waals surface area (Å²) in [6.45, 7) is 16.6. The highest BCUT2D eigenvalue weighted by atomic mass is 16.3. The predicted octanol–water partition coefficient (Wildman–Crippen LogP) is 17.6. The first-order valence-corrected chi connectivity index (χ1v) is 26.6. The van der Waals surface area contributed by atoms with Crippen molar-refractivity contribution in [2.45, 2.75) is 77.6 Å². The summed E-state index contributed by atoms with van der Waals surface area (Å²) in [7, 11) is 0.746. The number of furan rings is 1. The van der Waals surface area contributed by atoms with E-state index in [1.807, 2.05) is 0 Å². The van der Waals surface area contributed by atoms with Crippen molar-refractivity contribution in [2.24, 2.45) is 0 Å². The number of benzene rings is 10. The van der Waals surface area contributed by atoms with Crippen LogP contribution in [0.5, 0.6) is 0 Å². The Labute approximate surface area is 435 Å². The van der Waals surface area contributed by atoms with Crippen LogP contribution in [0.15, 0.2) is 199 Å². The van der Waals surface area contributed by atoms with Gasteiger partial charge in [0.15, 0.2) is 7.28 Å². The van der Waals surface area contributed by atoms with Gasteiger partial charge in [-0.15, -0.1) is 0 Å². The molecule has 2 heterocycles. The van der Waals surface area contributed by atoms with Crippen LogP contribution in [0.25, 0.3) is 77.2 Å². The first-order chi connectivity index (χ1) is 35.8. The number of hydrogen-bond donors (Lipinski definition) is 1. The fourth-order valence-electron chi connectivity index (χ4n) is 13.1. The summed E-state index contributed by atoms with van der Waals surface area (Å²) in [6.07, 6.45) is 2.32. The van der Waals surface area contributed by atoms with Gasteiger partial charge in [-0.3, -0.25) is 0 Å². The first-order valence-electron chi connectivity index (χ1n) is 26.6. The smallest absolute Gasteiger partial charge is 0.198 e. The van der Waals surface area contributed by atoms with Gasteiger partial charge in [-0.25, -0.2) is 0 Å². The van der Waals surface area contributed by atoms with Gasteiger partial charge in [0.1, 0.15) is 11.2 Å². The maximum Gasteiger partial charge on any atom is 0.198 e. The summed E-state index contributed by atoms with van der Waals surface area (Å²) in [5.74, 6) is 0. The normalized spacial score (nSPS) is 15.5. The van der Waals surface area contributed by atoms with E-state index in [0.717, 1.165) is 54.0 Å². The van der Waals surface area contributed by atoms with Crippen LogP contribution in [-0.4, -0.2) is 7.28 Å². The van der Waals surface area contributed by atoms with Gasteiger partial charge in [-0.2, -0.15) is 0 Å². The predicted molar refractivity (Wildman–Crippen MR) is 316 cm³/mol. The molecule has 3 aliphatic rings. The monoisotopic (exact) mass is 954 g/mol. The average Bonchev–Trinajstić information content (AvgIpc) is 3.89. The zero-order chi connectivity index (χ0) is 50.3. The number of fused-ring (bicyclic) bond motifs is 10.